The Kier molecular flexibility index (Phi) is 9.28. The molecule has 0 heterocycles. The molecule has 0 rings (SSSR count). The van der Waals surface area contributed by atoms with Gasteiger partial charge in [0.2, 0.25) is 11.8 Å². The molecule has 0 atom stereocenters. The fourth-order valence-electron chi connectivity index (χ4n) is 1.33. The van der Waals surface area contributed by atoms with Gasteiger partial charge in [0.1, 0.15) is 0 Å². The largest absolute Gasteiger partial charge is 0.355 e. The summed E-state index contributed by atoms with van der Waals surface area (Å²) in [4.78, 5) is 24.7. The van der Waals surface area contributed by atoms with E-state index in [4.69, 9.17) is 0 Å². The van der Waals surface area contributed by atoms with Gasteiger partial charge in [-0.05, 0) is 26.7 Å². The van der Waals surface area contributed by atoms with Gasteiger partial charge in [-0.2, -0.15) is 0 Å². The highest BCUT2D eigenvalue weighted by atomic mass is 79.9. The van der Waals surface area contributed by atoms with Crippen LogP contribution in [0.1, 0.15) is 33.1 Å². The van der Waals surface area contributed by atoms with Crippen LogP contribution in [0, 0.1) is 0 Å². The Morgan fingerprint density at radius 2 is 1.94 bits per heavy atom. The standard InChI is InChI=1S/C11H21BrN2O2/c1-3-13-10(15)9-14(4-2)11(16)7-5-6-8-12/h3-9H2,1-2H3,(H,13,15). The molecule has 0 radical (unpaired) electrons. The van der Waals surface area contributed by atoms with Crippen LogP contribution in [0.5, 0.6) is 0 Å². The number of amides is 2. The van der Waals surface area contributed by atoms with Crippen molar-refractivity contribution >= 4 is 27.7 Å². The summed E-state index contributed by atoms with van der Waals surface area (Å²) in [5, 5.41) is 3.61. The molecule has 0 aromatic heterocycles. The Hall–Kier alpha value is -0.580. The predicted octanol–water partition coefficient (Wildman–Crippen LogP) is 1.54. The first-order valence-corrected chi connectivity index (χ1v) is 6.88. The topological polar surface area (TPSA) is 49.4 Å². The number of alkyl halides is 1. The molecule has 0 bridgehead atoms. The maximum Gasteiger partial charge on any atom is 0.239 e. The lowest BCUT2D eigenvalue weighted by molar-refractivity contribution is -0.135. The van der Waals surface area contributed by atoms with Crippen LogP contribution in [-0.4, -0.2) is 41.7 Å². The Bertz CT molecular complexity index is 222. The van der Waals surface area contributed by atoms with Gasteiger partial charge in [-0.1, -0.05) is 15.9 Å². The van der Waals surface area contributed by atoms with Crippen LogP contribution >= 0.6 is 15.9 Å². The summed E-state index contributed by atoms with van der Waals surface area (Å²) in [6.07, 6.45) is 2.39. The number of nitrogens with one attached hydrogen (secondary N) is 1. The third-order valence-electron chi connectivity index (χ3n) is 2.22. The number of likely N-dealkylation sites (N-methyl/N-ethyl adjacent to an activating group) is 2. The molecule has 0 aliphatic heterocycles. The maximum atomic E-state index is 11.7. The first-order valence-electron chi connectivity index (χ1n) is 5.76. The van der Waals surface area contributed by atoms with Crippen molar-refractivity contribution in [1.29, 1.82) is 0 Å². The van der Waals surface area contributed by atoms with E-state index < -0.39 is 0 Å². The monoisotopic (exact) mass is 292 g/mol. The summed E-state index contributed by atoms with van der Waals surface area (Å²) in [6.45, 7) is 5.13. The lowest BCUT2D eigenvalue weighted by Crippen LogP contribution is -2.40. The summed E-state index contributed by atoms with van der Waals surface area (Å²) >= 11 is 3.33. The molecule has 0 aromatic carbocycles. The molecule has 0 fully saturated rings. The minimum Gasteiger partial charge on any atom is -0.355 e. The van der Waals surface area contributed by atoms with Gasteiger partial charge in [0.15, 0.2) is 0 Å². The van der Waals surface area contributed by atoms with Crippen LogP contribution in [0.3, 0.4) is 0 Å². The van der Waals surface area contributed by atoms with E-state index in [-0.39, 0.29) is 18.4 Å². The minimum absolute atomic E-state index is 0.0645. The molecule has 0 unspecified atom stereocenters. The first-order chi connectivity index (χ1) is 7.65. The van der Waals surface area contributed by atoms with E-state index in [1.54, 1.807) is 4.90 Å². The normalized spacial score (nSPS) is 9.94. The van der Waals surface area contributed by atoms with Crippen molar-refractivity contribution in [3.8, 4) is 0 Å². The SMILES string of the molecule is CCNC(=O)CN(CC)C(=O)CCCCBr. The lowest BCUT2D eigenvalue weighted by atomic mass is 10.2. The fourth-order valence-corrected chi connectivity index (χ4v) is 1.73. The highest BCUT2D eigenvalue weighted by Gasteiger charge is 2.14. The average Bonchev–Trinajstić information content (AvgIpc) is 2.26. The molecule has 1 N–H and O–H groups in total. The Balaban J connectivity index is 3.96. The minimum atomic E-state index is -0.0850. The first kappa shape index (κ1) is 15.4. The summed E-state index contributed by atoms with van der Waals surface area (Å²) in [7, 11) is 0. The van der Waals surface area contributed by atoms with E-state index in [1.807, 2.05) is 13.8 Å². The van der Waals surface area contributed by atoms with E-state index in [0.29, 0.717) is 19.5 Å². The molecule has 5 heteroatoms. The van der Waals surface area contributed by atoms with Gasteiger partial charge in [0.05, 0.1) is 6.54 Å². The molecule has 0 spiro atoms. The number of carbonyl (C=O) groups is 2. The van der Waals surface area contributed by atoms with Crippen LogP contribution in [-0.2, 0) is 9.59 Å². The van der Waals surface area contributed by atoms with Gasteiger partial charge in [-0.3, -0.25) is 9.59 Å². The fraction of sp³-hybridized carbons (Fsp3) is 0.818. The third-order valence-corrected chi connectivity index (χ3v) is 2.78. The van der Waals surface area contributed by atoms with Crippen LogP contribution in [0.4, 0.5) is 0 Å². The summed E-state index contributed by atoms with van der Waals surface area (Å²) in [5.41, 5.74) is 0. The molecule has 0 saturated heterocycles. The van der Waals surface area contributed by atoms with E-state index in [2.05, 4.69) is 21.2 Å². The van der Waals surface area contributed by atoms with Gasteiger partial charge in [0, 0.05) is 24.8 Å². The molecule has 0 saturated carbocycles. The molecule has 0 aromatic rings. The summed E-state index contributed by atoms with van der Waals surface area (Å²) < 4.78 is 0. The zero-order valence-electron chi connectivity index (χ0n) is 10.1. The van der Waals surface area contributed by atoms with E-state index in [1.165, 1.54) is 0 Å². The number of rotatable bonds is 8. The summed E-state index contributed by atoms with van der Waals surface area (Å²) in [5.74, 6) is -0.0205. The number of hydrogen-bond donors (Lipinski definition) is 1. The second-order valence-corrected chi connectivity index (χ2v) is 4.30. The average molecular weight is 293 g/mol. The molecular weight excluding hydrogens is 272 g/mol. The van der Waals surface area contributed by atoms with Crippen LogP contribution in [0.2, 0.25) is 0 Å². The van der Waals surface area contributed by atoms with Gasteiger partial charge in [0.25, 0.3) is 0 Å². The number of hydrogen-bond acceptors (Lipinski definition) is 2. The van der Waals surface area contributed by atoms with Crippen molar-refractivity contribution in [3.63, 3.8) is 0 Å². The third kappa shape index (κ3) is 6.82. The zero-order chi connectivity index (χ0) is 12.4. The summed E-state index contributed by atoms with van der Waals surface area (Å²) in [6, 6.07) is 0. The van der Waals surface area contributed by atoms with E-state index in [9.17, 15) is 9.59 Å². The van der Waals surface area contributed by atoms with Crippen molar-refractivity contribution in [2.45, 2.75) is 33.1 Å². The Morgan fingerprint density at radius 1 is 1.25 bits per heavy atom. The number of halogens is 1. The lowest BCUT2D eigenvalue weighted by Gasteiger charge is -2.20. The molecule has 0 aliphatic carbocycles. The van der Waals surface area contributed by atoms with Gasteiger partial charge < -0.3 is 10.2 Å². The smallest absolute Gasteiger partial charge is 0.239 e. The van der Waals surface area contributed by atoms with Gasteiger partial charge in [-0.25, -0.2) is 0 Å². The van der Waals surface area contributed by atoms with Crippen LogP contribution in [0.15, 0.2) is 0 Å². The number of carbonyl (C=O) groups excluding carboxylic acids is 2. The van der Waals surface area contributed by atoms with E-state index in [0.717, 1.165) is 18.2 Å². The predicted molar refractivity (Wildman–Crippen MR) is 68.6 cm³/mol. The highest BCUT2D eigenvalue weighted by molar-refractivity contribution is 9.09. The van der Waals surface area contributed by atoms with Gasteiger partial charge >= 0.3 is 0 Å². The quantitative estimate of drug-likeness (QED) is 0.545. The highest BCUT2D eigenvalue weighted by Crippen LogP contribution is 2.02. The molecule has 4 nitrogen and oxygen atoms in total. The Labute approximate surface area is 106 Å². The maximum absolute atomic E-state index is 11.7. The van der Waals surface area contributed by atoms with Crippen molar-refractivity contribution < 1.29 is 9.59 Å². The molecule has 0 aliphatic rings. The number of unbranched alkanes of at least 4 members (excludes halogenated alkanes) is 1. The molecule has 16 heavy (non-hydrogen) atoms. The molecular formula is C11H21BrN2O2. The van der Waals surface area contributed by atoms with Crippen LogP contribution in [0.25, 0.3) is 0 Å². The van der Waals surface area contributed by atoms with Crippen molar-refractivity contribution in [2.24, 2.45) is 0 Å². The van der Waals surface area contributed by atoms with Crippen molar-refractivity contribution in [3.05, 3.63) is 0 Å². The van der Waals surface area contributed by atoms with Crippen molar-refractivity contribution in [2.75, 3.05) is 25.0 Å². The second-order valence-electron chi connectivity index (χ2n) is 3.51. The zero-order valence-corrected chi connectivity index (χ0v) is 11.7. The number of nitrogens with zero attached hydrogens (tertiary/aromatic N) is 1. The van der Waals surface area contributed by atoms with E-state index >= 15 is 0 Å². The molecule has 94 valence electrons. The van der Waals surface area contributed by atoms with Crippen molar-refractivity contribution in [1.82, 2.24) is 10.2 Å². The molecule has 2 amide bonds. The van der Waals surface area contributed by atoms with Gasteiger partial charge in [-0.15, -0.1) is 0 Å². The van der Waals surface area contributed by atoms with Crippen LogP contribution < -0.4 is 5.32 Å². The second kappa shape index (κ2) is 9.63. The Morgan fingerprint density at radius 3 is 2.44 bits per heavy atom.